The third-order valence-electron chi connectivity index (χ3n) is 3.72. The summed E-state index contributed by atoms with van der Waals surface area (Å²) in [4.78, 5) is 26.1. The highest BCUT2D eigenvalue weighted by Crippen LogP contribution is 2.36. The maximum atomic E-state index is 12.5. The maximum absolute atomic E-state index is 12.5. The van der Waals surface area contributed by atoms with E-state index in [1.807, 2.05) is 0 Å². The molecule has 0 saturated carbocycles. The number of nitrogens with zero attached hydrogens (tertiary/aromatic N) is 1. The van der Waals surface area contributed by atoms with E-state index in [1.54, 1.807) is 49.4 Å². The smallest absolute Gasteiger partial charge is 0.266 e. The number of rotatable bonds is 3. The predicted octanol–water partition coefficient (Wildman–Crippen LogP) is 2.55. The van der Waals surface area contributed by atoms with Crippen LogP contribution in [0.5, 0.6) is 5.75 Å². The van der Waals surface area contributed by atoms with Gasteiger partial charge < -0.3 is 9.84 Å². The molecule has 0 spiro atoms. The number of carbonyl (C=O) groups excluding carboxylic acids is 2. The van der Waals surface area contributed by atoms with Gasteiger partial charge in [-0.2, -0.15) is 0 Å². The van der Waals surface area contributed by atoms with E-state index in [-0.39, 0.29) is 11.8 Å². The number of aliphatic hydroxyl groups is 1. The van der Waals surface area contributed by atoms with Crippen LogP contribution in [0.2, 0.25) is 0 Å². The molecule has 2 aromatic carbocycles. The van der Waals surface area contributed by atoms with Crippen molar-refractivity contribution in [3.63, 3.8) is 0 Å². The fraction of sp³-hybridized carbons (Fsp3) is 0.176. The second kappa shape index (κ2) is 5.27. The number of fused-ring (bicyclic) bond motifs is 1. The minimum Gasteiger partial charge on any atom is -0.495 e. The minimum atomic E-state index is -0.662. The van der Waals surface area contributed by atoms with Gasteiger partial charge >= 0.3 is 0 Å². The molecule has 0 aromatic heterocycles. The van der Waals surface area contributed by atoms with Crippen LogP contribution in [-0.4, -0.2) is 24.0 Å². The summed E-state index contributed by atoms with van der Waals surface area (Å²) < 4.78 is 5.29. The molecule has 0 bridgehead atoms. The average molecular weight is 297 g/mol. The van der Waals surface area contributed by atoms with E-state index in [2.05, 4.69) is 0 Å². The lowest BCUT2D eigenvalue weighted by molar-refractivity contribution is 0.0925. The van der Waals surface area contributed by atoms with Gasteiger partial charge in [0.05, 0.1) is 30.0 Å². The molecule has 0 fully saturated rings. The monoisotopic (exact) mass is 297 g/mol. The summed E-state index contributed by atoms with van der Waals surface area (Å²) in [6.45, 7) is 1.64. The van der Waals surface area contributed by atoms with Crippen LogP contribution < -0.4 is 9.64 Å². The number of methoxy groups -OCH3 is 1. The molecule has 1 N–H and O–H groups in total. The Balaban J connectivity index is 2.10. The van der Waals surface area contributed by atoms with Gasteiger partial charge in [-0.1, -0.05) is 18.2 Å². The van der Waals surface area contributed by atoms with Gasteiger partial charge in [-0.05, 0) is 36.8 Å². The lowest BCUT2D eigenvalue weighted by Crippen LogP contribution is -2.29. The highest BCUT2D eigenvalue weighted by atomic mass is 16.5. The summed E-state index contributed by atoms with van der Waals surface area (Å²) >= 11 is 0. The van der Waals surface area contributed by atoms with Crippen LogP contribution in [0, 0.1) is 0 Å². The minimum absolute atomic E-state index is 0.368. The first-order valence-corrected chi connectivity index (χ1v) is 6.88. The molecule has 3 rings (SSSR count). The quantitative estimate of drug-likeness (QED) is 0.884. The number of carbonyl (C=O) groups is 2. The van der Waals surface area contributed by atoms with Crippen LogP contribution in [0.1, 0.15) is 39.3 Å². The van der Waals surface area contributed by atoms with E-state index in [0.29, 0.717) is 28.1 Å². The van der Waals surface area contributed by atoms with E-state index < -0.39 is 6.10 Å². The van der Waals surface area contributed by atoms with E-state index in [9.17, 15) is 14.7 Å². The Bertz CT molecular complexity index is 732. The Hall–Kier alpha value is -2.66. The second-order valence-electron chi connectivity index (χ2n) is 5.10. The number of anilines is 1. The van der Waals surface area contributed by atoms with Crippen molar-refractivity contribution in [3.8, 4) is 5.75 Å². The number of hydrogen-bond donors (Lipinski definition) is 1. The standard InChI is InChI=1S/C17H15NO4/c1-10(19)11-7-8-14(15(9-11)22-2)18-16(20)12-5-3-4-6-13(12)17(18)21/h3-10,19H,1-2H3. The number of amides is 2. The molecule has 2 aromatic rings. The molecule has 0 aliphatic carbocycles. The zero-order valence-corrected chi connectivity index (χ0v) is 12.2. The normalized spacial score (nSPS) is 15.0. The molecule has 0 radical (unpaired) electrons. The van der Waals surface area contributed by atoms with Crippen molar-refractivity contribution in [2.24, 2.45) is 0 Å². The summed E-state index contributed by atoms with van der Waals surface area (Å²) in [6.07, 6.45) is -0.662. The Kier molecular flexibility index (Phi) is 3.42. The summed E-state index contributed by atoms with van der Waals surface area (Å²) in [5.74, 6) is -0.375. The van der Waals surface area contributed by atoms with Crippen LogP contribution in [0.25, 0.3) is 0 Å². The molecule has 1 heterocycles. The number of imide groups is 1. The van der Waals surface area contributed by atoms with E-state index in [1.165, 1.54) is 7.11 Å². The molecule has 1 aliphatic heterocycles. The summed E-state index contributed by atoms with van der Waals surface area (Å²) in [5.41, 5.74) is 1.79. The first-order chi connectivity index (χ1) is 10.5. The van der Waals surface area contributed by atoms with Crippen LogP contribution in [-0.2, 0) is 0 Å². The Morgan fingerprint density at radius 1 is 1.05 bits per heavy atom. The van der Waals surface area contributed by atoms with Crippen molar-refractivity contribution in [3.05, 3.63) is 59.2 Å². The van der Waals surface area contributed by atoms with Crippen molar-refractivity contribution < 1.29 is 19.4 Å². The lowest BCUT2D eigenvalue weighted by Gasteiger charge is -2.18. The van der Waals surface area contributed by atoms with Gasteiger partial charge in [0.1, 0.15) is 5.75 Å². The van der Waals surface area contributed by atoms with Gasteiger partial charge in [0.15, 0.2) is 0 Å². The highest BCUT2D eigenvalue weighted by molar-refractivity contribution is 6.34. The average Bonchev–Trinajstić information content (AvgIpc) is 2.78. The first-order valence-electron chi connectivity index (χ1n) is 6.88. The first kappa shape index (κ1) is 14.3. The van der Waals surface area contributed by atoms with Crippen molar-refractivity contribution in [2.45, 2.75) is 13.0 Å². The van der Waals surface area contributed by atoms with E-state index in [0.717, 1.165) is 4.90 Å². The molecule has 2 amide bonds. The zero-order chi connectivity index (χ0) is 15.9. The number of ether oxygens (including phenoxy) is 1. The predicted molar refractivity (Wildman–Crippen MR) is 81.2 cm³/mol. The maximum Gasteiger partial charge on any atom is 0.266 e. The van der Waals surface area contributed by atoms with Crippen molar-refractivity contribution >= 4 is 17.5 Å². The molecule has 0 saturated heterocycles. The molecule has 1 atom stereocenters. The largest absolute Gasteiger partial charge is 0.495 e. The molecule has 112 valence electrons. The number of benzene rings is 2. The molecule has 5 heteroatoms. The van der Waals surface area contributed by atoms with Gasteiger partial charge in [0.25, 0.3) is 11.8 Å². The number of aliphatic hydroxyl groups excluding tert-OH is 1. The molecule has 1 unspecified atom stereocenters. The van der Waals surface area contributed by atoms with Crippen LogP contribution >= 0.6 is 0 Å². The molecule has 22 heavy (non-hydrogen) atoms. The SMILES string of the molecule is COc1cc(C(C)O)ccc1N1C(=O)c2ccccc2C1=O. The van der Waals surface area contributed by atoms with Crippen molar-refractivity contribution in [1.29, 1.82) is 0 Å². The fourth-order valence-corrected chi connectivity index (χ4v) is 2.55. The third-order valence-corrected chi connectivity index (χ3v) is 3.72. The Labute approximate surface area is 127 Å². The lowest BCUT2D eigenvalue weighted by atomic mass is 10.1. The molecule has 1 aliphatic rings. The van der Waals surface area contributed by atoms with Gasteiger partial charge in [-0.25, -0.2) is 4.90 Å². The summed E-state index contributed by atoms with van der Waals surface area (Å²) in [6, 6.07) is 11.6. The van der Waals surface area contributed by atoms with Crippen molar-refractivity contribution in [2.75, 3.05) is 12.0 Å². The third kappa shape index (κ3) is 2.07. The van der Waals surface area contributed by atoms with Crippen molar-refractivity contribution in [1.82, 2.24) is 0 Å². The fourth-order valence-electron chi connectivity index (χ4n) is 2.55. The van der Waals surface area contributed by atoms with Gasteiger partial charge in [-0.3, -0.25) is 9.59 Å². The zero-order valence-electron chi connectivity index (χ0n) is 12.2. The molecular weight excluding hydrogens is 282 g/mol. The highest BCUT2D eigenvalue weighted by Gasteiger charge is 2.37. The number of hydrogen-bond acceptors (Lipinski definition) is 4. The Morgan fingerprint density at radius 3 is 2.14 bits per heavy atom. The molecule has 5 nitrogen and oxygen atoms in total. The summed E-state index contributed by atoms with van der Waals surface area (Å²) in [5, 5.41) is 9.64. The van der Waals surface area contributed by atoms with Crippen LogP contribution in [0.3, 0.4) is 0 Å². The van der Waals surface area contributed by atoms with E-state index in [4.69, 9.17) is 4.74 Å². The topological polar surface area (TPSA) is 66.8 Å². The second-order valence-corrected chi connectivity index (χ2v) is 5.10. The van der Waals surface area contributed by atoms with Gasteiger partial charge in [0, 0.05) is 0 Å². The van der Waals surface area contributed by atoms with Gasteiger partial charge in [0.2, 0.25) is 0 Å². The molecular formula is C17H15NO4. The van der Waals surface area contributed by atoms with Crippen LogP contribution in [0.4, 0.5) is 5.69 Å². The van der Waals surface area contributed by atoms with E-state index >= 15 is 0 Å². The van der Waals surface area contributed by atoms with Gasteiger partial charge in [-0.15, -0.1) is 0 Å². The summed E-state index contributed by atoms with van der Waals surface area (Å²) in [7, 11) is 1.46. The van der Waals surface area contributed by atoms with Crippen LogP contribution in [0.15, 0.2) is 42.5 Å². The Morgan fingerprint density at radius 2 is 1.64 bits per heavy atom.